The molecule has 104 valence electrons. The van der Waals surface area contributed by atoms with Crippen LogP contribution in [0.1, 0.15) is 20.7 Å². The molecule has 0 radical (unpaired) electrons. The summed E-state index contributed by atoms with van der Waals surface area (Å²) in [6, 6.07) is 9.29. The zero-order valence-corrected chi connectivity index (χ0v) is 10.7. The number of rotatable bonds is 4. The van der Waals surface area contributed by atoms with Crippen LogP contribution in [0.4, 0.5) is 5.69 Å². The van der Waals surface area contributed by atoms with Crippen molar-refractivity contribution in [3.8, 4) is 5.88 Å². The molecule has 0 bridgehead atoms. The van der Waals surface area contributed by atoms with Crippen molar-refractivity contribution < 1.29 is 19.4 Å². The predicted molar refractivity (Wildman–Crippen MR) is 79.3 cm³/mol. The molecule has 1 heterocycles. The Kier molecular flexibility index (Phi) is 6.36. The SMILES string of the molecule is COc1ccc(C(=O)Nc2ccccc2C(=O)O)cn1.[NaH]. The van der Waals surface area contributed by atoms with Gasteiger partial charge in [0.05, 0.1) is 23.9 Å². The van der Waals surface area contributed by atoms with Gasteiger partial charge in [-0.1, -0.05) is 12.1 Å². The van der Waals surface area contributed by atoms with Crippen LogP contribution in [0.3, 0.4) is 0 Å². The first-order valence-corrected chi connectivity index (χ1v) is 5.75. The molecule has 7 heteroatoms. The van der Waals surface area contributed by atoms with Gasteiger partial charge in [0.2, 0.25) is 5.88 Å². The van der Waals surface area contributed by atoms with Crippen LogP contribution >= 0.6 is 0 Å². The van der Waals surface area contributed by atoms with Gasteiger partial charge in [0.15, 0.2) is 0 Å². The summed E-state index contributed by atoms with van der Waals surface area (Å²) in [5.41, 5.74) is 0.578. The van der Waals surface area contributed by atoms with E-state index < -0.39 is 11.9 Å². The van der Waals surface area contributed by atoms with Crippen molar-refractivity contribution >= 4 is 47.1 Å². The molecule has 0 aliphatic rings. The maximum absolute atomic E-state index is 12.0. The number of carboxylic acid groups (broad SMARTS) is 1. The van der Waals surface area contributed by atoms with E-state index in [0.717, 1.165) is 0 Å². The molecule has 0 saturated carbocycles. The predicted octanol–water partition coefficient (Wildman–Crippen LogP) is 1.39. The Bertz CT molecular complexity index is 644. The number of methoxy groups -OCH3 is 1. The second-order valence-electron chi connectivity index (χ2n) is 3.89. The Morgan fingerprint density at radius 1 is 1.19 bits per heavy atom. The molecule has 2 rings (SSSR count). The molecule has 1 aromatic carbocycles. The summed E-state index contributed by atoms with van der Waals surface area (Å²) in [7, 11) is 1.48. The van der Waals surface area contributed by atoms with E-state index in [1.54, 1.807) is 24.3 Å². The summed E-state index contributed by atoms with van der Waals surface area (Å²) in [6.07, 6.45) is 1.36. The molecule has 0 aliphatic heterocycles. The van der Waals surface area contributed by atoms with Crippen LogP contribution in [0.25, 0.3) is 0 Å². The van der Waals surface area contributed by atoms with Crippen LogP contribution < -0.4 is 10.1 Å². The molecule has 2 N–H and O–H groups in total. The van der Waals surface area contributed by atoms with Crippen LogP contribution in [-0.4, -0.2) is 58.6 Å². The average molecular weight is 296 g/mol. The van der Waals surface area contributed by atoms with Crippen molar-refractivity contribution in [1.82, 2.24) is 4.98 Å². The van der Waals surface area contributed by atoms with Gasteiger partial charge in [-0.15, -0.1) is 0 Å². The summed E-state index contributed by atoms with van der Waals surface area (Å²) in [6.45, 7) is 0. The van der Waals surface area contributed by atoms with E-state index in [2.05, 4.69) is 10.3 Å². The zero-order chi connectivity index (χ0) is 14.5. The molecule has 0 saturated heterocycles. The maximum atomic E-state index is 12.0. The fourth-order valence-electron chi connectivity index (χ4n) is 1.61. The summed E-state index contributed by atoms with van der Waals surface area (Å²) in [5.74, 6) is -1.14. The van der Waals surface area contributed by atoms with Crippen LogP contribution in [0.15, 0.2) is 42.6 Å². The topological polar surface area (TPSA) is 88.5 Å². The van der Waals surface area contributed by atoms with Crippen LogP contribution in [-0.2, 0) is 0 Å². The Hall–Kier alpha value is -1.89. The molecule has 0 aliphatic carbocycles. The van der Waals surface area contributed by atoms with E-state index in [4.69, 9.17) is 9.84 Å². The first-order valence-electron chi connectivity index (χ1n) is 5.75. The molecule has 1 aromatic heterocycles. The van der Waals surface area contributed by atoms with Gasteiger partial charge in [0.1, 0.15) is 0 Å². The normalized spacial score (nSPS) is 9.38. The van der Waals surface area contributed by atoms with E-state index in [-0.39, 0.29) is 40.8 Å². The number of aromatic nitrogens is 1. The Morgan fingerprint density at radius 2 is 1.90 bits per heavy atom. The van der Waals surface area contributed by atoms with Gasteiger partial charge in [-0.05, 0) is 18.2 Å². The number of nitrogens with zero attached hydrogens (tertiary/aromatic N) is 1. The van der Waals surface area contributed by atoms with Gasteiger partial charge in [-0.25, -0.2) is 9.78 Å². The Morgan fingerprint density at radius 3 is 2.48 bits per heavy atom. The van der Waals surface area contributed by atoms with Crippen molar-refractivity contribution in [2.75, 3.05) is 12.4 Å². The van der Waals surface area contributed by atoms with Crippen molar-refractivity contribution in [3.63, 3.8) is 0 Å². The van der Waals surface area contributed by atoms with E-state index in [1.807, 2.05) is 0 Å². The molecule has 6 nitrogen and oxygen atoms in total. The summed E-state index contributed by atoms with van der Waals surface area (Å²) < 4.78 is 4.90. The molecule has 1 amide bonds. The number of hydrogen-bond donors (Lipinski definition) is 2. The monoisotopic (exact) mass is 296 g/mol. The third-order valence-corrected chi connectivity index (χ3v) is 2.61. The number of para-hydroxylation sites is 1. The van der Waals surface area contributed by atoms with Gasteiger partial charge in [-0.3, -0.25) is 4.79 Å². The quantitative estimate of drug-likeness (QED) is 0.832. The molecule has 0 atom stereocenters. The Labute approximate surface area is 143 Å². The third kappa shape index (κ3) is 4.29. The number of carbonyl (C=O) groups is 2. The number of aromatic carboxylic acids is 1. The van der Waals surface area contributed by atoms with Crippen LogP contribution in [0.5, 0.6) is 5.88 Å². The van der Waals surface area contributed by atoms with Gasteiger partial charge in [-0.2, -0.15) is 0 Å². The minimum absolute atomic E-state index is 0. The van der Waals surface area contributed by atoms with E-state index >= 15 is 0 Å². The van der Waals surface area contributed by atoms with Crippen molar-refractivity contribution in [3.05, 3.63) is 53.7 Å². The second-order valence-corrected chi connectivity index (χ2v) is 3.89. The number of amides is 1. The number of pyridine rings is 1. The number of ether oxygens (including phenoxy) is 1. The van der Waals surface area contributed by atoms with Gasteiger partial charge in [0, 0.05) is 12.3 Å². The van der Waals surface area contributed by atoms with Crippen molar-refractivity contribution in [2.24, 2.45) is 0 Å². The van der Waals surface area contributed by atoms with Gasteiger partial charge in [0.25, 0.3) is 5.91 Å². The fourth-order valence-corrected chi connectivity index (χ4v) is 1.61. The summed E-state index contributed by atoms with van der Waals surface area (Å²) in [5, 5.41) is 11.6. The average Bonchev–Trinajstić information content (AvgIpc) is 2.47. The summed E-state index contributed by atoms with van der Waals surface area (Å²) >= 11 is 0. The van der Waals surface area contributed by atoms with Crippen molar-refractivity contribution in [2.45, 2.75) is 0 Å². The number of nitrogens with one attached hydrogen (secondary N) is 1. The number of benzene rings is 1. The third-order valence-electron chi connectivity index (χ3n) is 2.61. The first kappa shape index (κ1) is 17.2. The first-order chi connectivity index (χ1) is 9.61. The number of anilines is 1. The fraction of sp³-hybridized carbons (Fsp3) is 0.0714. The van der Waals surface area contributed by atoms with Gasteiger partial charge < -0.3 is 15.2 Å². The number of carboxylic acids is 1. The van der Waals surface area contributed by atoms with Gasteiger partial charge >= 0.3 is 35.5 Å². The number of carbonyl (C=O) groups excluding carboxylic acids is 1. The molecule has 0 fully saturated rings. The van der Waals surface area contributed by atoms with E-state index in [1.165, 1.54) is 25.4 Å². The van der Waals surface area contributed by atoms with Crippen LogP contribution in [0, 0.1) is 0 Å². The molecular weight excluding hydrogens is 283 g/mol. The minimum atomic E-state index is -1.10. The number of hydrogen-bond acceptors (Lipinski definition) is 4. The second kappa shape index (κ2) is 7.78. The van der Waals surface area contributed by atoms with E-state index in [9.17, 15) is 9.59 Å². The standard InChI is InChI=1S/C14H12N2O4.Na.H/c1-20-12-7-6-9(8-15-12)13(17)16-11-5-3-2-4-10(11)14(18)19;;/h2-8H,1H3,(H,16,17)(H,18,19);;. The van der Waals surface area contributed by atoms with Crippen molar-refractivity contribution in [1.29, 1.82) is 0 Å². The zero-order valence-electron chi connectivity index (χ0n) is 10.7. The summed E-state index contributed by atoms with van der Waals surface area (Å²) in [4.78, 5) is 27.0. The molecule has 0 unspecified atom stereocenters. The van der Waals surface area contributed by atoms with E-state index in [0.29, 0.717) is 11.4 Å². The molecule has 0 spiro atoms. The Balaban J connectivity index is 0.00000220. The molecule has 2 aromatic rings. The molecular formula is C14H13N2NaO4. The molecule has 21 heavy (non-hydrogen) atoms. The van der Waals surface area contributed by atoms with Crippen LogP contribution in [0.2, 0.25) is 0 Å².